The molecule has 0 saturated heterocycles. The van der Waals surface area contributed by atoms with Gasteiger partial charge in [-0.3, -0.25) is 4.79 Å². The van der Waals surface area contributed by atoms with E-state index < -0.39 is 8.56 Å². The zero-order valence-electron chi connectivity index (χ0n) is 7.92. The third kappa shape index (κ3) is 4.48. The van der Waals surface area contributed by atoms with E-state index in [2.05, 4.69) is 5.32 Å². The fourth-order valence-electron chi connectivity index (χ4n) is 0.981. The minimum atomic E-state index is -2.11. The maximum Gasteiger partial charge on any atom is 0.354 e. The van der Waals surface area contributed by atoms with Gasteiger partial charge in [-0.25, -0.2) is 0 Å². The van der Waals surface area contributed by atoms with Crippen LogP contribution in [-0.4, -0.2) is 34.4 Å². The van der Waals surface area contributed by atoms with E-state index >= 15 is 0 Å². The molecule has 1 amide bonds. The molecular formula is C7H17NO3Si. The molecule has 0 aliphatic heterocycles. The molecule has 0 heterocycles. The van der Waals surface area contributed by atoms with Crippen LogP contribution in [-0.2, 0) is 13.6 Å². The highest BCUT2D eigenvalue weighted by Gasteiger charge is 2.30. The largest absolute Gasteiger partial charge is 0.394 e. The molecule has 1 N–H and O–H groups in total. The summed E-state index contributed by atoms with van der Waals surface area (Å²) in [6, 6.07) is 0. The third-order valence-corrected chi connectivity index (χ3v) is 4.05. The average molecular weight is 191 g/mol. The molecule has 0 atom stereocenters. The number of carbonyl (C=O) groups excluding carboxylic acids is 1. The van der Waals surface area contributed by atoms with Crippen molar-refractivity contribution in [2.45, 2.75) is 20.4 Å². The van der Waals surface area contributed by atoms with Crippen LogP contribution >= 0.6 is 0 Å². The first-order valence-corrected chi connectivity index (χ1v) is 6.65. The Morgan fingerprint density at radius 2 is 1.83 bits per heavy atom. The van der Waals surface area contributed by atoms with Gasteiger partial charge in [0, 0.05) is 13.2 Å². The molecule has 0 spiro atoms. The van der Waals surface area contributed by atoms with Crippen molar-refractivity contribution in [1.29, 1.82) is 0 Å². The van der Waals surface area contributed by atoms with Crippen LogP contribution in [0.3, 0.4) is 0 Å². The number of hydrogen-bond acceptors (Lipinski definition) is 3. The molecule has 5 heteroatoms. The Hall–Kier alpha value is -0.393. The lowest BCUT2D eigenvalue weighted by Gasteiger charge is -2.25. The van der Waals surface area contributed by atoms with Crippen LogP contribution in [0.5, 0.6) is 0 Å². The zero-order chi connectivity index (χ0) is 9.45. The van der Waals surface area contributed by atoms with Crippen LogP contribution in [0, 0.1) is 0 Å². The first-order valence-electron chi connectivity index (χ1n) is 4.13. The highest BCUT2D eigenvalue weighted by Crippen LogP contribution is 2.04. The Morgan fingerprint density at radius 1 is 1.33 bits per heavy atom. The van der Waals surface area contributed by atoms with Gasteiger partial charge < -0.3 is 14.2 Å². The van der Waals surface area contributed by atoms with Gasteiger partial charge in [0.05, 0.1) is 6.17 Å². The molecule has 0 saturated carbocycles. The first kappa shape index (κ1) is 11.6. The Kier molecular flexibility index (Phi) is 5.96. The highest BCUT2D eigenvalue weighted by atomic mass is 28.4. The van der Waals surface area contributed by atoms with Crippen molar-refractivity contribution in [2.75, 3.05) is 19.4 Å². The molecule has 0 aromatic rings. The Morgan fingerprint density at radius 3 is 2.17 bits per heavy atom. The molecule has 0 aromatic heterocycles. The van der Waals surface area contributed by atoms with Gasteiger partial charge in [-0.05, 0) is 20.4 Å². The molecule has 4 nitrogen and oxygen atoms in total. The summed E-state index contributed by atoms with van der Waals surface area (Å²) in [5.74, 6) is 0. The van der Waals surface area contributed by atoms with Crippen LogP contribution in [0.4, 0.5) is 0 Å². The van der Waals surface area contributed by atoms with Crippen molar-refractivity contribution in [3.63, 3.8) is 0 Å². The van der Waals surface area contributed by atoms with Gasteiger partial charge in [0.15, 0.2) is 0 Å². The average Bonchev–Trinajstić information content (AvgIpc) is 2.02. The van der Waals surface area contributed by atoms with Crippen molar-refractivity contribution in [2.24, 2.45) is 0 Å². The second kappa shape index (κ2) is 6.16. The Bertz CT molecular complexity index is 126. The van der Waals surface area contributed by atoms with E-state index in [1.807, 2.05) is 20.4 Å². The number of rotatable bonds is 7. The van der Waals surface area contributed by atoms with E-state index in [9.17, 15) is 4.79 Å². The second-order valence-electron chi connectivity index (χ2n) is 2.50. The standard InChI is InChI=1S/C7H17NO3Si/c1-4-10-12(3,11-5-2)7-8-6-9/h6H,4-5,7H2,1-3H3,(H,8,9). The molecule has 0 aliphatic rings. The third-order valence-electron chi connectivity index (χ3n) is 1.41. The molecule has 0 fully saturated rings. The van der Waals surface area contributed by atoms with Gasteiger partial charge in [-0.2, -0.15) is 0 Å². The summed E-state index contributed by atoms with van der Waals surface area (Å²) in [7, 11) is -2.11. The summed E-state index contributed by atoms with van der Waals surface area (Å²) < 4.78 is 10.9. The monoisotopic (exact) mass is 191 g/mol. The van der Waals surface area contributed by atoms with Crippen LogP contribution in [0.2, 0.25) is 6.55 Å². The van der Waals surface area contributed by atoms with Crippen molar-refractivity contribution in [3.8, 4) is 0 Å². The van der Waals surface area contributed by atoms with Crippen LogP contribution < -0.4 is 5.32 Å². The van der Waals surface area contributed by atoms with Gasteiger partial charge in [-0.1, -0.05) is 0 Å². The summed E-state index contributed by atoms with van der Waals surface area (Å²) in [6.45, 7) is 7.04. The minimum Gasteiger partial charge on any atom is -0.394 e. The van der Waals surface area contributed by atoms with Gasteiger partial charge in [0.2, 0.25) is 6.41 Å². The molecule has 12 heavy (non-hydrogen) atoms. The van der Waals surface area contributed by atoms with E-state index in [-0.39, 0.29) is 0 Å². The number of hydrogen-bond donors (Lipinski definition) is 1. The predicted molar refractivity (Wildman–Crippen MR) is 48.9 cm³/mol. The Balaban J connectivity index is 3.88. The van der Waals surface area contributed by atoms with Crippen molar-refractivity contribution in [3.05, 3.63) is 0 Å². The SMILES string of the molecule is CCO[Si](C)(CNC=O)OCC. The van der Waals surface area contributed by atoms with Gasteiger partial charge >= 0.3 is 8.56 Å². The molecule has 0 rings (SSSR count). The maximum absolute atomic E-state index is 10.1. The summed E-state index contributed by atoms with van der Waals surface area (Å²) in [5.41, 5.74) is 0. The second-order valence-corrected chi connectivity index (χ2v) is 5.70. The minimum absolute atomic E-state index is 0.512. The fraction of sp³-hybridized carbons (Fsp3) is 0.857. The van der Waals surface area contributed by atoms with Crippen molar-refractivity contribution < 1.29 is 13.6 Å². The topological polar surface area (TPSA) is 47.6 Å². The van der Waals surface area contributed by atoms with Gasteiger partial charge in [0.1, 0.15) is 0 Å². The lowest BCUT2D eigenvalue weighted by atomic mass is 10.9. The molecule has 0 bridgehead atoms. The fourth-order valence-corrected chi connectivity index (χ4v) is 2.94. The van der Waals surface area contributed by atoms with E-state index in [0.717, 1.165) is 0 Å². The quantitative estimate of drug-likeness (QED) is 0.468. The number of amides is 1. The molecule has 0 aromatic carbocycles. The predicted octanol–water partition coefficient (Wildman–Crippen LogP) is 0.417. The zero-order valence-corrected chi connectivity index (χ0v) is 8.92. The van der Waals surface area contributed by atoms with E-state index in [0.29, 0.717) is 25.8 Å². The molecule has 0 unspecified atom stereocenters. The number of nitrogens with one attached hydrogen (secondary N) is 1. The van der Waals surface area contributed by atoms with Gasteiger partial charge in [-0.15, -0.1) is 0 Å². The van der Waals surface area contributed by atoms with Crippen LogP contribution in [0.15, 0.2) is 0 Å². The maximum atomic E-state index is 10.1. The molecular weight excluding hydrogens is 174 g/mol. The molecule has 72 valence electrons. The summed E-state index contributed by atoms with van der Waals surface area (Å²) in [5, 5.41) is 2.59. The van der Waals surface area contributed by atoms with Gasteiger partial charge in [0.25, 0.3) is 0 Å². The van der Waals surface area contributed by atoms with E-state index in [1.165, 1.54) is 0 Å². The van der Waals surface area contributed by atoms with E-state index in [4.69, 9.17) is 8.85 Å². The summed E-state index contributed by atoms with van der Waals surface area (Å²) in [4.78, 5) is 10.1. The lowest BCUT2D eigenvalue weighted by Crippen LogP contribution is -2.48. The molecule has 0 aliphatic carbocycles. The van der Waals surface area contributed by atoms with Crippen molar-refractivity contribution in [1.82, 2.24) is 5.32 Å². The highest BCUT2D eigenvalue weighted by molar-refractivity contribution is 6.66. The summed E-state index contributed by atoms with van der Waals surface area (Å²) >= 11 is 0. The first-order chi connectivity index (χ1) is 5.68. The van der Waals surface area contributed by atoms with Crippen LogP contribution in [0.25, 0.3) is 0 Å². The summed E-state index contributed by atoms with van der Waals surface area (Å²) in [6.07, 6.45) is 1.18. The smallest absolute Gasteiger partial charge is 0.354 e. The Labute approximate surface area is 74.5 Å². The van der Waals surface area contributed by atoms with Crippen LogP contribution in [0.1, 0.15) is 13.8 Å². The number of carbonyl (C=O) groups is 1. The van der Waals surface area contributed by atoms with E-state index in [1.54, 1.807) is 0 Å². The van der Waals surface area contributed by atoms with Crippen molar-refractivity contribution >= 4 is 15.0 Å². The normalized spacial score (nSPS) is 11.2. The lowest BCUT2D eigenvalue weighted by molar-refractivity contribution is -0.109. The molecule has 0 radical (unpaired) electrons.